The van der Waals surface area contributed by atoms with Gasteiger partial charge in [-0.3, -0.25) is 0 Å². The van der Waals surface area contributed by atoms with Gasteiger partial charge in [-0.05, 0) is 42.5 Å². The molecule has 0 radical (unpaired) electrons. The van der Waals surface area contributed by atoms with Gasteiger partial charge in [0.1, 0.15) is 0 Å². The standard InChI is InChI=1S/C16H13ClN2O4S2/c1-19-13-8-3-10(15(20)23-2)9-14(13)24-16(19)18-25(21,22)12-6-4-11(17)5-7-12/h3-9H,1-2H3. The molecule has 3 aromatic rings. The van der Waals surface area contributed by atoms with E-state index >= 15 is 0 Å². The van der Waals surface area contributed by atoms with E-state index in [1.165, 1.54) is 42.7 Å². The Hall–Kier alpha value is -2.16. The summed E-state index contributed by atoms with van der Waals surface area (Å²) in [5, 5.41) is 0.446. The number of rotatable bonds is 3. The van der Waals surface area contributed by atoms with Crippen LogP contribution in [0.15, 0.2) is 51.8 Å². The van der Waals surface area contributed by atoms with Crippen molar-refractivity contribution in [3.8, 4) is 0 Å². The lowest BCUT2D eigenvalue weighted by Gasteiger charge is -2.00. The van der Waals surface area contributed by atoms with Crippen LogP contribution in [0.1, 0.15) is 10.4 Å². The molecule has 1 aromatic heterocycles. The van der Waals surface area contributed by atoms with Crippen molar-refractivity contribution in [3.63, 3.8) is 0 Å². The fourth-order valence-electron chi connectivity index (χ4n) is 2.23. The third-order valence-electron chi connectivity index (χ3n) is 3.54. The molecule has 3 rings (SSSR count). The molecular formula is C16H13ClN2O4S2. The van der Waals surface area contributed by atoms with E-state index in [1.54, 1.807) is 29.8 Å². The van der Waals surface area contributed by atoms with Gasteiger partial charge in [-0.1, -0.05) is 22.9 Å². The van der Waals surface area contributed by atoms with Gasteiger partial charge in [0.05, 0.1) is 27.8 Å². The van der Waals surface area contributed by atoms with Gasteiger partial charge in [0.25, 0.3) is 10.0 Å². The predicted octanol–water partition coefficient (Wildman–Crippen LogP) is 2.97. The van der Waals surface area contributed by atoms with Gasteiger partial charge >= 0.3 is 5.97 Å². The number of fused-ring (bicyclic) bond motifs is 1. The first-order chi connectivity index (χ1) is 11.8. The molecule has 1 heterocycles. The Bertz CT molecular complexity index is 1130. The van der Waals surface area contributed by atoms with E-state index < -0.39 is 16.0 Å². The molecule has 0 bridgehead atoms. The van der Waals surface area contributed by atoms with Crippen LogP contribution in [-0.4, -0.2) is 26.1 Å². The number of sulfonamides is 1. The lowest BCUT2D eigenvalue weighted by Crippen LogP contribution is -2.13. The Morgan fingerprint density at radius 1 is 1.20 bits per heavy atom. The molecule has 130 valence electrons. The van der Waals surface area contributed by atoms with Crippen LogP contribution < -0.4 is 4.80 Å². The number of carbonyl (C=O) groups is 1. The van der Waals surface area contributed by atoms with Crippen molar-refractivity contribution in [2.24, 2.45) is 11.4 Å². The van der Waals surface area contributed by atoms with E-state index in [-0.39, 0.29) is 4.90 Å². The molecule has 0 fully saturated rings. The summed E-state index contributed by atoms with van der Waals surface area (Å²) in [6.07, 6.45) is 0. The summed E-state index contributed by atoms with van der Waals surface area (Å²) in [4.78, 5) is 12.0. The number of esters is 1. The lowest BCUT2D eigenvalue weighted by molar-refractivity contribution is 0.0601. The first-order valence-electron chi connectivity index (χ1n) is 7.06. The molecule has 0 aliphatic carbocycles. The summed E-state index contributed by atoms with van der Waals surface area (Å²) in [5.41, 5.74) is 1.16. The van der Waals surface area contributed by atoms with E-state index in [2.05, 4.69) is 4.40 Å². The summed E-state index contributed by atoms with van der Waals surface area (Å²) in [7, 11) is -0.846. The number of aryl methyl sites for hydroxylation is 1. The zero-order valence-electron chi connectivity index (χ0n) is 13.3. The molecule has 0 aliphatic rings. The largest absolute Gasteiger partial charge is 0.465 e. The molecule has 0 amide bonds. The van der Waals surface area contributed by atoms with Crippen molar-refractivity contribution < 1.29 is 17.9 Å². The zero-order valence-corrected chi connectivity index (χ0v) is 15.7. The molecule has 0 N–H and O–H groups in total. The minimum atomic E-state index is -3.87. The minimum absolute atomic E-state index is 0.0598. The lowest BCUT2D eigenvalue weighted by atomic mass is 10.2. The third-order valence-corrected chi connectivity index (χ3v) is 6.28. The molecule has 9 heteroatoms. The van der Waals surface area contributed by atoms with Gasteiger partial charge in [-0.15, -0.1) is 4.40 Å². The normalized spacial score (nSPS) is 12.5. The number of hydrogen-bond acceptors (Lipinski definition) is 5. The number of aromatic nitrogens is 1. The van der Waals surface area contributed by atoms with E-state index in [4.69, 9.17) is 16.3 Å². The fourth-order valence-corrected chi connectivity index (χ4v) is 4.64. The van der Waals surface area contributed by atoms with Gasteiger partial charge in [0, 0.05) is 12.1 Å². The van der Waals surface area contributed by atoms with Crippen LogP contribution in [0, 0.1) is 0 Å². The Morgan fingerprint density at radius 3 is 2.52 bits per heavy atom. The molecule has 25 heavy (non-hydrogen) atoms. The highest BCUT2D eigenvalue weighted by Gasteiger charge is 2.15. The van der Waals surface area contributed by atoms with Gasteiger partial charge in [-0.25, -0.2) is 4.79 Å². The molecule has 0 saturated carbocycles. The number of hydrogen-bond donors (Lipinski definition) is 0. The molecule has 0 spiro atoms. The van der Waals surface area contributed by atoms with Gasteiger partial charge in [0.15, 0.2) is 0 Å². The van der Waals surface area contributed by atoms with Crippen molar-refractivity contribution in [2.45, 2.75) is 4.90 Å². The molecular weight excluding hydrogens is 384 g/mol. The average Bonchev–Trinajstić information content (AvgIpc) is 2.89. The molecule has 0 aliphatic heterocycles. The molecule has 6 nitrogen and oxygen atoms in total. The molecule has 0 unspecified atom stereocenters. The van der Waals surface area contributed by atoms with E-state index in [9.17, 15) is 13.2 Å². The monoisotopic (exact) mass is 396 g/mol. The highest BCUT2D eigenvalue weighted by molar-refractivity contribution is 7.90. The summed E-state index contributed by atoms with van der Waals surface area (Å²) < 4.78 is 36.0. The van der Waals surface area contributed by atoms with Gasteiger partial charge in [0.2, 0.25) is 4.80 Å². The number of ether oxygens (including phenoxy) is 1. The van der Waals surface area contributed by atoms with Crippen LogP contribution in [0.4, 0.5) is 0 Å². The van der Waals surface area contributed by atoms with Crippen molar-refractivity contribution in [1.29, 1.82) is 0 Å². The predicted molar refractivity (Wildman–Crippen MR) is 96.3 cm³/mol. The first-order valence-corrected chi connectivity index (χ1v) is 9.70. The summed E-state index contributed by atoms with van der Waals surface area (Å²) in [6.45, 7) is 0. The summed E-state index contributed by atoms with van der Waals surface area (Å²) in [5.74, 6) is -0.453. The maximum absolute atomic E-state index is 12.5. The van der Waals surface area contributed by atoms with E-state index in [1.807, 2.05) is 0 Å². The second kappa shape index (κ2) is 6.62. The Kier molecular flexibility index (Phi) is 4.68. The van der Waals surface area contributed by atoms with E-state index in [0.29, 0.717) is 15.4 Å². The van der Waals surface area contributed by atoms with Crippen molar-refractivity contribution in [2.75, 3.05) is 7.11 Å². The van der Waals surface area contributed by atoms with Crippen molar-refractivity contribution in [3.05, 3.63) is 57.9 Å². The van der Waals surface area contributed by atoms with Crippen LogP contribution in [0.2, 0.25) is 5.02 Å². The number of halogens is 1. The summed E-state index contributed by atoms with van der Waals surface area (Å²) >= 11 is 6.96. The molecule has 0 saturated heterocycles. The van der Waals surface area contributed by atoms with Crippen LogP contribution in [0.5, 0.6) is 0 Å². The number of thiazole rings is 1. The Labute approximate surface area is 153 Å². The Morgan fingerprint density at radius 2 is 1.88 bits per heavy atom. The maximum atomic E-state index is 12.5. The number of nitrogens with zero attached hydrogens (tertiary/aromatic N) is 2. The van der Waals surface area contributed by atoms with Crippen LogP contribution in [-0.2, 0) is 21.8 Å². The number of methoxy groups -OCH3 is 1. The average molecular weight is 397 g/mol. The minimum Gasteiger partial charge on any atom is -0.465 e. The number of benzene rings is 2. The quantitative estimate of drug-likeness (QED) is 0.637. The van der Waals surface area contributed by atoms with E-state index in [0.717, 1.165) is 10.2 Å². The van der Waals surface area contributed by atoms with Crippen molar-refractivity contribution in [1.82, 2.24) is 4.57 Å². The zero-order chi connectivity index (χ0) is 18.2. The highest BCUT2D eigenvalue weighted by atomic mass is 35.5. The topological polar surface area (TPSA) is 77.7 Å². The van der Waals surface area contributed by atoms with Crippen LogP contribution in [0.3, 0.4) is 0 Å². The second-order valence-corrected chi connectivity index (χ2v) is 8.19. The second-order valence-electron chi connectivity index (χ2n) is 5.14. The van der Waals surface area contributed by atoms with Crippen molar-refractivity contribution >= 4 is 49.1 Å². The number of carbonyl (C=O) groups excluding carboxylic acids is 1. The van der Waals surface area contributed by atoms with Gasteiger partial charge in [-0.2, -0.15) is 8.42 Å². The maximum Gasteiger partial charge on any atom is 0.337 e. The smallest absolute Gasteiger partial charge is 0.337 e. The fraction of sp³-hybridized carbons (Fsp3) is 0.125. The Balaban J connectivity index is 2.14. The van der Waals surface area contributed by atoms with Crippen LogP contribution in [0.25, 0.3) is 10.2 Å². The third kappa shape index (κ3) is 3.46. The van der Waals surface area contributed by atoms with Crippen LogP contribution >= 0.6 is 22.9 Å². The first kappa shape index (κ1) is 17.7. The van der Waals surface area contributed by atoms with Gasteiger partial charge < -0.3 is 9.30 Å². The summed E-state index contributed by atoms with van der Waals surface area (Å²) in [6, 6.07) is 10.8. The SMILES string of the molecule is COC(=O)c1ccc2c(c1)sc(=NS(=O)(=O)c1ccc(Cl)cc1)n2C. The molecule has 0 atom stereocenters. The highest BCUT2D eigenvalue weighted by Crippen LogP contribution is 2.20. The molecule has 2 aromatic carbocycles.